The minimum absolute atomic E-state index is 0.207. The summed E-state index contributed by atoms with van der Waals surface area (Å²) in [5.74, 6) is 1.94. The summed E-state index contributed by atoms with van der Waals surface area (Å²) in [6, 6.07) is 0.226. The Morgan fingerprint density at radius 3 is 2.59 bits per heavy atom. The molecule has 94 valence electrons. The van der Waals surface area contributed by atoms with Crippen molar-refractivity contribution in [2.45, 2.75) is 59.4 Å². The maximum absolute atomic E-state index is 7.66. The Morgan fingerprint density at radius 1 is 1.41 bits per heavy atom. The third kappa shape index (κ3) is 1.92. The fraction of sp³-hybridized carbons (Fsp3) is 0.812. The molecule has 1 saturated carbocycles. The van der Waals surface area contributed by atoms with Gasteiger partial charge in [-0.15, -0.1) is 0 Å². The molecule has 2 rings (SSSR count). The van der Waals surface area contributed by atoms with Crippen molar-refractivity contribution >= 4 is 0 Å². The highest BCUT2D eigenvalue weighted by Crippen LogP contribution is 2.54. The van der Waals surface area contributed by atoms with Crippen molar-refractivity contribution in [1.82, 2.24) is 0 Å². The van der Waals surface area contributed by atoms with Gasteiger partial charge in [-0.2, -0.15) is 0 Å². The number of rotatable bonds is 1. The molecular weight excluding hydrogens is 206 g/mol. The molecule has 0 amide bonds. The largest absolute Gasteiger partial charge is 0.312 e. The summed E-state index contributed by atoms with van der Waals surface area (Å²) >= 11 is 0. The lowest BCUT2D eigenvalue weighted by Gasteiger charge is -2.44. The Labute approximate surface area is 106 Å². The highest BCUT2D eigenvalue weighted by atomic mass is 14.8. The molecule has 0 saturated heterocycles. The Morgan fingerprint density at radius 2 is 2.12 bits per heavy atom. The molecule has 0 unspecified atom stereocenters. The lowest BCUT2D eigenvalue weighted by Crippen LogP contribution is -2.46. The van der Waals surface area contributed by atoms with Crippen LogP contribution in [0.5, 0.6) is 0 Å². The van der Waals surface area contributed by atoms with Gasteiger partial charge in [-0.05, 0) is 44.4 Å². The van der Waals surface area contributed by atoms with Gasteiger partial charge in [-0.3, -0.25) is 0 Å². The van der Waals surface area contributed by atoms with E-state index in [4.69, 9.17) is 6.57 Å². The fourth-order valence-electron chi connectivity index (χ4n) is 4.11. The second kappa shape index (κ2) is 4.48. The predicted molar refractivity (Wildman–Crippen MR) is 72.5 cm³/mol. The predicted octanol–water partition coefficient (Wildman–Crippen LogP) is 4.70. The van der Waals surface area contributed by atoms with Crippen LogP contribution in [0.1, 0.15) is 53.4 Å². The van der Waals surface area contributed by atoms with Crippen LogP contribution in [0.15, 0.2) is 11.6 Å². The molecule has 0 aromatic carbocycles. The molecular formula is C16H25N. The molecule has 0 aliphatic heterocycles. The Kier molecular flexibility index (Phi) is 3.34. The van der Waals surface area contributed by atoms with E-state index in [9.17, 15) is 0 Å². The summed E-state index contributed by atoms with van der Waals surface area (Å²) in [5, 5.41) is 0. The lowest BCUT2D eigenvalue weighted by atomic mass is 9.58. The summed E-state index contributed by atoms with van der Waals surface area (Å²) in [6.07, 6.45) is 7.45. The van der Waals surface area contributed by atoms with E-state index in [2.05, 4.69) is 38.6 Å². The molecule has 0 bridgehead atoms. The van der Waals surface area contributed by atoms with Crippen LogP contribution >= 0.6 is 0 Å². The minimum Gasteiger partial charge on any atom is -0.312 e. The van der Waals surface area contributed by atoms with Crippen molar-refractivity contribution < 1.29 is 0 Å². The van der Waals surface area contributed by atoms with Gasteiger partial charge in [0.25, 0.3) is 0 Å². The van der Waals surface area contributed by atoms with E-state index in [0.29, 0.717) is 17.8 Å². The van der Waals surface area contributed by atoms with Gasteiger partial charge >= 0.3 is 0 Å². The minimum atomic E-state index is 0.207. The first kappa shape index (κ1) is 12.7. The van der Waals surface area contributed by atoms with Gasteiger partial charge in [0.15, 0.2) is 0 Å². The van der Waals surface area contributed by atoms with Crippen LogP contribution in [0.3, 0.4) is 0 Å². The Hall–Kier alpha value is -0.770. The van der Waals surface area contributed by atoms with E-state index < -0.39 is 0 Å². The monoisotopic (exact) mass is 231 g/mol. The van der Waals surface area contributed by atoms with Crippen molar-refractivity contribution in [1.29, 1.82) is 0 Å². The highest BCUT2D eigenvalue weighted by Gasteiger charge is 2.55. The Bertz CT molecular complexity index is 360. The molecule has 2 aliphatic carbocycles. The van der Waals surface area contributed by atoms with Crippen molar-refractivity contribution in [2.75, 3.05) is 0 Å². The first-order chi connectivity index (χ1) is 8.01. The van der Waals surface area contributed by atoms with E-state index in [1.165, 1.54) is 31.3 Å². The smallest absolute Gasteiger partial charge is 0.235 e. The molecule has 1 nitrogen and oxygen atoms in total. The molecule has 1 heteroatoms. The molecule has 1 spiro atoms. The summed E-state index contributed by atoms with van der Waals surface area (Å²) in [6.45, 7) is 16.8. The van der Waals surface area contributed by atoms with Crippen LogP contribution < -0.4 is 0 Å². The quantitative estimate of drug-likeness (QED) is 0.455. The zero-order valence-corrected chi connectivity index (χ0v) is 11.7. The van der Waals surface area contributed by atoms with Crippen LogP contribution in [0.25, 0.3) is 4.85 Å². The highest BCUT2D eigenvalue weighted by molar-refractivity contribution is 5.24. The maximum Gasteiger partial charge on any atom is 0.235 e. The summed E-state index contributed by atoms with van der Waals surface area (Å²) < 4.78 is 0. The van der Waals surface area contributed by atoms with E-state index in [1.807, 2.05) is 0 Å². The van der Waals surface area contributed by atoms with Crippen molar-refractivity contribution in [2.24, 2.45) is 23.2 Å². The molecule has 0 N–H and O–H groups in total. The molecule has 0 aromatic heterocycles. The molecule has 2 aliphatic rings. The average molecular weight is 231 g/mol. The molecule has 17 heavy (non-hydrogen) atoms. The second-order valence-corrected chi connectivity index (χ2v) is 6.56. The second-order valence-electron chi connectivity index (χ2n) is 6.56. The number of hydrogen-bond donors (Lipinski definition) is 0. The normalized spacial score (nSPS) is 41.6. The van der Waals surface area contributed by atoms with Gasteiger partial charge in [0.2, 0.25) is 6.04 Å². The van der Waals surface area contributed by atoms with Gasteiger partial charge in [0.1, 0.15) is 0 Å². The first-order valence-corrected chi connectivity index (χ1v) is 7.06. The van der Waals surface area contributed by atoms with Gasteiger partial charge in [-0.1, -0.05) is 32.4 Å². The number of nitrogens with zero attached hydrogens (tertiary/aromatic N) is 1. The lowest BCUT2D eigenvalue weighted by molar-refractivity contribution is 0.0827. The third-order valence-corrected chi connectivity index (χ3v) is 5.27. The van der Waals surface area contributed by atoms with E-state index in [-0.39, 0.29) is 11.5 Å². The Balaban J connectivity index is 2.37. The maximum atomic E-state index is 7.66. The third-order valence-electron chi connectivity index (χ3n) is 5.27. The topological polar surface area (TPSA) is 4.36 Å². The molecule has 0 heterocycles. The average Bonchev–Trinajstić information content (AvgIpc) is 2.65. The van der Waals surface area contributed by atoms with Crippen LogP contribution in [0.4, 0.5) is 0 Å². The fourth-order valence-corrected chi connectivity index (χ4v) is 4.11. The molecule has 4 atom stereocenters. The van der Waals surface area contributed by atoms with Gasteiger partial charge in [-0.25, -0.2) is 6.57 Å². The van der Waals surface area contributed by atoms with Crippen LogP contribution in [0, 0.1) is 29.7 Å². The van der Waals surface area contributed by atoms with E-state index >= 15 is 0 Å². The number of allylic oxidation sites excluding steroid dienone is 1. The summed E-state index contributed by atoms with van der Waals surface area (Å²) in [7, 11) is 0. The van der Waals surface area contributed by atoms with Crippen LogP contribution in [-0.4, -0.2) is 6.04 Å². The van der Waals surface area contributed by atoms with Crippen LogP contribution in [-0.2, 0) is 0 Å². The summed E-state index contributed by atoms with van der Waals surface area (Å²) in [5.41, 5.74) is 1.72. The SMILES string of the molecule is [C-]#[N+][C@@H]1[C@@H](C(C)C)CC[C@H](C)[C@]12C=C(C)CC2. The van der Waals surface area contributed by atoms with Crippen molar-refractivity contribution in [3.8, 4) is 0 Å². The van der Waals surface area contributed by atoms with Gasteiger partial charge < -0.3 is 4.85 Å². The van der Waals surface area contributed by atoms with Gasteiger partial charge in [0, 0.05) is 5.92 Å². The van der Waals surface area contributed by atoms with Crippen molar-refractivity contribution in [3.05, 3.63) is 23.1 Å². The van der Waals surface area contributed by atoms with Crippen molar-refractivity contribution in [3.63, 3.8) is 0 Å². The summed E-state index contributed by atoms with van der Waals surface area (Å²) in [4.78, 5) is 4.08. The van der Waals surface area contributed by atoms with E-state index in [1.54, 1.807) is 0 Å². The number of hydrogen-bond acceptors (Lipinski definition) is 0. The molecule has 1 fully saturated rings. The molecule has 0 aromatic rings. The standard InChI is InChI=1S/C16H25N/c1-11(2)14-7-6-13(4)16(15(14)17-5)9-8-12(3)10-16/h10-11,13-15H,6-9H2,1-4H3/t13-,14+,15+,16-/m0/s1. The molecule has 0 radical (unpaired) electrons. The van der Waals surface area contributed by atoms with E-state index in [0.717, 1.165) is 0 Å². The first-order valence-electron chi connectivity index (χ1n) is 7.06. The van der Waals surface area contributed by atoms with Crippen LogP contribution in [0.2, 0.25) is 0 Å². The zero-order valence-electron chi connectivity index (χ0n) is 11.7. The zero-order chi connectivity index (χ0) is 12.6. The van der Waals surface area contributed by atoms with Gasteiger partial charge in [0.05, 0.1) is 5.41 Å².